The molecule has 0 saturated heterocycles. The zero-order valence-electron chi connectivity index (χ0n) is 20.7. The molecular weight excluding hydrogens is 424 g/mol. The molecule has 0 amide bonds. The van der Waals surface area contributed by atoms with Crippen molar-refractivity contribution in [2.45, 2.75) is 13.8 Å². The number of benzene rings is 5. The van der Waals surface area contributed by atoms with Crippen LogP contribution in [0.1, 0.15) is 13.8 Å². The number of hydrogen-bond donors (Lipinski definition) is 0. The standard InChI is InChI=1S/C31H26N2.C2H6/c1-32(27-15-7-3-8-16-27)28-20-22-30(23-21-28)33(29-17-9-4-10-18-29)31-19-11-14-26(24-31)25-12-5-2-6-13-25;1-2/h2-24H,1H3;1-2H3. The predicted octanol–water partition coefficient (Wildman–Crippen LogP) is 9.62. The van der Waals surface area contributed by atoms with Crippen LogP contribution in [0.25, 0.3) is 11.1 Å². The van der Waals surface area contributed by atoms with Gasteiger partial charge in [0, 0.05) is 35.5 Å². The van der Waals surface area contributed by atoms with Gasteiger partial charge in [-0.15, -0.1) is 0 Å². The second-order valence-electron chi connectivity index (χ2n) is 8.00. The average molecular weight is 457 g/mol. The van der Waals surface area contributed by atoms with E-state index in [-0.39, 0.29) is 0 Å². The lowest BCUT2D eigenvalue weighted by atomic mass is 10.0. The van der Waals surface area contributed by atoms with Gasteiger partial charge in [-0.1, -0.05) is 92.7 Å². The largest absolute Gasteiger partial charge is 0.345 e. The first-order chi connectivity index (χ1) is 17.3. The Morgan fingerprint density at radius 3 is 1.37 bits per heavy atom. The zero-order valence-corrected chi connectivity index (χ0v) is 20.7. The molecule has 0 aliphatic heterocycles. The number of anilines is 5. The highest BCUT2D eigenvalue weighted by Crippen LogP contribution is 2.37. The summed E-state index contributed by atoms with van der Waals surface area (Å²) in [6.45, 7) is 4.00. The van der Waals surface area contributed by atoms with E-state index in [0.717, 1.165) is 22.7 Å². The Bertz CT molecular complexity index is 1300. The summed E-state index contributed by atoms with van der Waals surface area (Å²) in [5.41, 5.74) is 8.12. The fourth-order valence-corrected chi connectivity index (χ4v) is 4.11. The van der Waals surface area contributed by atoms with Crippen molar-refractivity contribution in [2.24, 2.45) is 0 Å². The van der Waals surface area contributed by atoms with E-state index in [2.05, 4.69) is 150 Å². The van der Waals surface area contributed by atoms with Gasteiger partial charge >= 0.3 is 0 Å². The van der Waals surface area contributed by atoms with Crippen molar-refractivity contribution < 1.29 is 0 Å². The van der Waals surface area contributed by atoms with Gasteiger partial charge in [-0.3, -0.25) is 0 Å². The van der Waals surface area contributed by atoms with Crippen LogP contribution in [0.2, 0.25) is 0 Å². The molecule has 0 spiro atoms. The minimum absolute atomic E-state index is 1.12. The highest BCUT2D eigenvalue weighted by atomic mass is 15.1. The molecular formula is C33H32N2. The van der Waals surface area contributed by atoms with Crippen LogP contribution in [-0.4, -0.2) is 7.05 Å². The lowest BCUT2D eigenvalue weighted by Crippen LogP contribution is -2.11. The van der Waals surface area contributed by atoms with Crippen LogP contribution in [0.4, 0.5) is 28.4 Å². The first kappa shape index (κ1) is 23.8. The topological polar surface area (TPSA) is 6.48 Å². The van der Waals surface area contributed by atoms with Crippen molar-refractivity contribution >= 4 is 28.4 Å². The normalized spacial score (nSPS) is 10.1. The molecule has 0 radical (unpaired) electrons. The van der Waals surface area contributed by atoms with Crippen LogP contribution in [-0.2, 0) is 0 Å². The van der Waals surface area contributed by atoms with Gasteiger partial charge in [0.25, 0.3) is 0 Å². The molecule has 2 nitrogen and oxygen atoms in total. The Hall–Kier alpha value is -4.30. The van der Waals surface area contributed by atoms with Gasteiger partial charge in [0.05, 0.1) is 0 Å². The first-order valence-electron chi connectivity index (χ1n) is 12.2. The SMILES string of the molecule is CC.CN(c1ccccc1)c1ccc(N(c2ccccc2)c2cccc(-c3ccccc3)c2)cc1. The third-order valence-corrected chi connectivity index (χ3v) is 5.86. The third-order valence-electron chi connectivity index (χ3n) is 5.86. The molecule has 2 heteroatoms. The van der Waals surface area contributed by atoms with Crippen LogP contribution in [0.5, 0.6) is 0 Å². The molecule has 0 N–H and O–H groups in total. The summed E-state index contributed by atoms with van der Waals surface area (Å²) >= 11 is 0. The van der Waals surface area contributed by atoms with Gasteiger partial charge in [0.15, 0.2) is 0 Å². The average Bonchev–Trinajstić information content (AvgIpc) is 2.96. The Kier molecular flexibility index (Phi) is 7.98. The zero-order chi connectivity index (χ0) is 24.5. The maximum absolute atomic E-state index is 2.30. The fourth-order valence-electron chi connectivity index (χ4n) is 4.11. The molecule has 0 unspecified atom stereocenters. The lowest BCUT2D eigenvalue weighted by Gasteiger charge is -2.27. The highest BCUT2D eigenvalue weighted by molar-refractivity contribution is 5.80. The summed E-state index contributed by atoms with van der Waals surface area (Å²) in [5, 5.41) is 0. The maximum Gasteiger partial charge on any atom is 0.0467 e. The highest BCUT2D eigenvalue weighted by Gasteiger charge is 2.14. The van der Waals surface area contributed by atoms with Gasteiger partial charge in [-0.05, 0) is 71.8 Å². The fraction of sp³-hybridized carbons (Fsp3) is 0.0909. The van der Waals surface area contributed by atoms with Crippen LogP contribution in [0.3, 0.4) is 0 Å². The van der Waals surface area contributed by atoms with E-state index in [1.807, 2.05) is 19.9 Å². The molecule has 35 heavy (non-hydrogen) atoms. The van der Waals surface area contributed by atoms with Crippen LogP contribution >= 0.6 is 0 Å². The van der Waals surface area contributed by atoms with E-state index in [1.54, 1.807) is 0 Å². The minimum Gasteiger partial charge on any atom is -0.345 e. The van der Waals surface area contributed by atoms with E-state index >= 15 is 0 Å². The van der Waals surface area contributed by atoms with Crippen molar-refractivity contribution in [3.63, 3.8) is 0 Å². The van der Waals surface area contributed by atoms with Gasteiger partial charge in [0.2, 0.25) is 0 Å². The van der Waals surface area contributed by atoms with Crippen molar-refractivity contribution in [3.8, 4) is 11.1 Å². The second-order valence-corrected chi connectivity index (χ2v) is 8.00. The minimum atomic E-state index is 1.12. The summed E-state index contributed by atoms with van der Waals surface area (Å²) in [6, 6.07) is 48.9. The van der Waals surface area contributed by atoms with E-state index in [0.29, 0.717) is 0 Å². The molecule has 5 aromatic rings. The summed E-state index contributed by atoms with van der Waals surface area (Å²) in [4.78, 5) is 4.51. The molecule has 0 saturated carbocycles. The van der Waals surface area contributed by atoms with E-state index in [4.69, 9.17) is 0 Å². The Morgan fingerprint density at radius 1 is 0.371 bits per heavy atom. The van der Waals surface area contributed by atoms with Gasteiger partial charge in [0.1, 0.15) is 0 Å². The quantitative estimate of drug-likeness (QED) is 0.251. The number of para-hydroxylation sites is 2. The summed E-state index contributed by atoms with van der Waals surface area (Å²) in [7, 11) is 2.10. The molecule has 0 aromatic heterocycles. The number of nitrogens with zero attached hydrogens (tertiary/aromatic N) is 2. The smallest absolute Gasteiger partial charge is 0.0467 e. The molecule has 5 rings (SSSR count). The maximum atomic E-state index is 2.30. The summed E-state index contributed by atoms with van der Waals surface area (Å²) in [5.74, 6) is 0. The molecule has 0 bridgehead atoms. The van der Waals surface area contributed by atoms with Gasteiger partial charge in [-0.2, -0.15) is 0 Å². The molecule has 5 aromatic carbocycles. The molecule has 0 heterocycles. The predicted molar refractivity (Wildman–Crippen MR) is 152 cm³/mol. The van der Waals surface area contributed by atoms with Gasteiger partial charge < -0.3 is 9.80 Å². The van der Waals surface area contributed by atoms with Crippen molar-refractivity contribution in [1.29, 1.82) is 0 Å². The van der Waals surface area contributed by atoms with Crippen molar-refractivity contribution in [3.05, 3.63) is 140 Å². The molecule has 0 atom stereocenters. The Morgan fingerprint density at radius 2 is 0.771 bits per heavy atom. The van der Waals surface area contributed by atoms with E-state index in [9.17, 15) is 0 Å². The van der Waals surface area contributed by atoms with Gasteiger partial charge in [-0.25, -0.2) is 0 Å². The molecule has 0 fully saturated rings. The van der Waals surface area contributed by atoms with E-state index < -0.39 is 0 Å². The Balaban J connectivity index is 0.00000141. The number of rotatable bonds is 6. The van der Waals surface area contributed by atoms with E-state index in [1.165, 1.54) is 16.8 Å². The first-order valence-corrected chi connectivity index (χ1v) is 12.2. The van der Waals surface area contributed by atoms with Crippen LogP contribution in [0.15, 0.2) is 140 Å². The second kappa shape index (κ2) is 11.7. The summed E-state index contributed by atoms with van der Waals surface area (Å²) < 4.78 is 0. The third kappa shape index (κ3) is 5.62. The molecule has 174 valence electrons. The van der Waals surface area contributed by atoms with Crippen LogP contribution < -0.4 is 9.80 Å². The van der Waals surface area contributed by atoms with Crippen molar-refractivity contribution in [2.75, 3.05) is 16.8 Å². The monoisotopic (exact) mass is 456 g/mol. The molecule has 0 aliphatic carbocycles. The Labute approximate surface area is 209 Å². The van der Waals surface area contributed by atoms with Crippen molar-refractivity contribution in [1.82, 2.24) is 0 Å². The lowest BCUT2D eigenvalue weighted by molar-refractivity contribution is 1.20. The van der Waals surface area contributed by atoms with Crippen LogP contribution in [0, 0.1) is 0 Å². The molecule has 0 aliphatic rings. The summed E-state index contributed by atoms with van der Waals surface area (Å²) in [6.07, 6.45) is 0. The number of hydrogen-bond acceptors (Lipinski definition) is 2.